The van der Waals surface area contributed by atoms with E-state index in [0.29, 0.717) is 23.6 Å². The summed E-state index contributed by atoms with van der Waals surface area (Å²) in [6.07, 6.45) is 0.696. The number of para-hydroxylation sites is 1. The SMILES string of the molecule is O=C(c1ccccc1Cl)C1CCOc2ccccc21. The number of carbonyl (C=O) groups excluding carboxylic acids is 1. The van der Waals surface area contributed by atoms with Gasteiger partial charge in [-0.3, -0.25) is 4.79 Å². The maximum atomic E-state index is 12.6. The molecule has 2 nitrogen and oxygen atoms in total. The fraction of sp³-hybridized carbons (Fsp3) is 0.188. The van der Waals surface area contributed by atoms with Crippen molar-refractivity contribution < 1.29 is 9.53 Å². The number of benzene rings is 2. The average Bonchev–Trinajstić information content (AvgIpc) is 2.46. The zero-order valence-electron chi connectivity index (χ0n) is 10.3. The molecule has 2 aromatic rings. The summed E-state index contributed by atoms with van der Waals surface area (Å²) in [6.45, 7) is 0.567. The lowest BCUT2D eigenvalue weighted by molar-refractivity contribution is 0.0933. The van der Waals surface area contributed by atoms with E-state index in [1.54, 1.807) is 12.1 Å². The number of halogens is 1. The summed E-state index contributed by atoms with van der Waals surface area (Å²) in [6, 6.07) is 14.9. The van der Waals surface area contributed by atoms with Crippen LogP contribution in [0.5, 0.6) is 5.75 Å². The lowest BCUT2D eigenvalue weighted by Crippen LogP contribution is -2.21. The fourth-order valence-electron chi connectivity index (χ4n) is 2.46. The Kier molecular flexibility index (Phi) is 3.26. The van der Waals surface area contributed by atoms with Gasteiger partial charge in [0.1, 0.15) is 5.75 Å². The third-order valence-corrected chi connectivity index (χ3v) is 3.74. The summed E-state index contributed by atoms with van der Waals surface area (Å²) in [5, 5.41) is 0.511. The number of hydrogen-bond donors (Lipinski definition) is 0. The molecule has 1 atom stereocenters. The van der Waals surface area contributed by atoms with Crippen LogP contribution in [0.25, 0.3) is 0 Å². The second-order valence-electron chi connectivity index (χ2n) is 4.57. The lowest BCUT2D eigenvalue weighted by atomic mass is 9.86. The summed E-state index contributed by atoms with van der Waals surface area (Å²) >= 11 is 6.11. The molecule has 0 aromatic heterocycles. The van der Waals surface area contributed by atoms with Crippen molar-refractivity contribution in [3.8, 4) is 5.75 Å². The highest BCUT2D eigenvalue weighted by molar-refractivity contribution is 6.34. The molecule has 96 valence electrons. The maximum absolute atomic E-state index is 12.6. The van der Waals surface area contributed by atoms with Gasteiger partial charge in [0.15, 0.2) is 5.78 Å². The number of rotatable bonds is 2. The Bertz CT molecular complexity index is 622. The summed E-state index contributed by atoms with van der Waals surface area (Å²) in [5.41, 5.74) is 1.55. The van der Waals surface area contributed by atoms with Crippen molar-refractivity contribution in [2.45, 2.75) is 12.3 Å². The molecule has 3 heteroatoms. The van der Waals surface area contributed by atoms with Gasteiger partial charge in [-0.15, -0.1) is 0 Å². The molecule has 3 rings (SSSR count). The van der Waals surface area contributed by atoms with Gasteiger partial charge in [-0.05, 0) is 24.6 Å². The standard InChI is InChI=1S/C16H13ClO2/c17-14-7-3-1-6-13(14)16(18)12-9-10-19-15-8-4-2-5-11(12)15/h1-8,12H,9-10H2. The predicted molar refractivity (Wildman–Crippen MR) is 75.1 cm³/mol. The van der Waals surface area contributed by atoms with Crippen LogP contribution in [-0.4, -0.2) is 12.4 Å². The van der Waals surface area contributed by atoms with Gasteiger partial charge < -0.3 is 4.74 Å². The van der Waals surface area contributed by atoms with Crippen LogP contribution in [0.4, 0.5) is 0 Å². The van der Waals surface area contributed by atoms with Crippen molar-refractivity contribution in [1.29, 1.82) is 0 Å². The van der Waals surface area contributed by atoms with E-state index in [9.17, 15) is 4.79 Å². The first-order valence-corrected chi connectivity index (χ1v) is 6.65. The number of Topliss-reactive ketones (excluding diaryl/α,β-unsaturated/α-hetero) is 1. The molecule has 0 spiro atoms. The molecule has 0 saturated carbocycles. The molecule has 0 fully saturated rings. The van der Waals surface area contributed by atoms with Crippen molar-refractivity contribution >= 4 is 17.4 Å². The van der Waals surface area contributed by atoms with Crippen LogP contribution in [0.15, 0.2) is 48.5 Å². The van der Waals surface area contributed by atoms with Crippen molar-refractivity contribution in [3.63, 3.8) is 0 Å². The Morgan fingerprint density at radius 2 is 1.84 bits per heavy atom. The van der Waals surface area contributed by atoms with E-state index in [-0.39, 0.29) is 11.7 Å². The Labute approximate surface area is 117 Å². The monoisotopic (exact) mass is 272 g/mol. The predicted octanol–water partition coefficient (Wildman–Crippen LogP) is 4.09. The largest absolute Gasteiger partial charge is 0.493 e. The normalized spacial score (nSPS) is 17.4. The molecule has 2 aromatic carbocycles. The van der Waals surface area contributed by atoms with Gasteiger partial charge >= 0.3 is 0 Å². The number of ketones is 1. The van der Waals surface area contributed by atoms with Crippen LogP contribution in [0.1, 0.15) is 28.3 Å². The van der Waals surface area contributed by atoms with Gasteiger partial charge in [0.25, 0.3) is 0 Å². The van der Waals surface area contributed by atoms with Gasteiger partial charge in [-0.1, -0.05) is 41.9 Å². The molecule has 0 aliphatic carbocycles. The van der Waals surface area contributed by atoms with E-state index in [2.05, 4.69) is 0 Å². The van der Waals surface area contributed by atoms with E-state index in [1.807, 2.05) is 36.4 Å². The first-order chi connectivity index (χ1) is 9.27. The van der Waals surface area contributed by atoms with Crippen LogP contribution >= 0.6 is 11.6 Å². The van der Waals surface area contributed by atoms with Crippen LogP contribution in [0.3, 0.4) is 0 Å². The molecule has 1 unspecified atom stereocenters. The molecular formula is C16H13ClO2. The van der Waals surface area contributed by atoms with Crippen LogP contribution in [0.2, 0.25) is 5.02 Å². The smallest absolute Gasteiger partial charge is 0.172 e. The number of carbonyl (C=O) groups is 1. The first-order valence-electron chi connectivity index (χ1n) is 6.28. The second-order valence-corrected chi connectivity index (χ2v) is 4.98. The molecule has 1 aliphatic rings. The van der Waals surface area contributed by atoms with E-state index >= 15 is 0 Å². The van der Waals surface area contributed by atoms with E-state index in [0.717, 1.165) is 11.3 Å². The lowest BCUT2D eigenvalue weighted by Gasteiger charge is -2.25. The zero-order chi connectivity index (χ0) is 13.2. The van der Waals surface area contributed by atoms with E-state index in [4.69, 9.17) is 16.3 Å². The van der Waals surface area contributed by atoms with Crippen molar-refractivity contribution in [2.24, 2.45) is 0 Å². The van der Waals surface area contributed by atoms with Gasteiger partial charge in [-0.25, -0.2) is 0 Å². The van der Waals surface area contributed by atoms with Gasteiger partial charge in [0, 0.05) is 11.1 Å². The average molecular weight is 273 g/mol. The van der Waals surface area contributed by atoms with Crippen molar-refractivity contribution in [1.82, 2.24) is 0 Å². The number of ether oxygens (including phenoxy) is 1. The van der Waals surface area contributed by atoms with Gasteiger partial charge in [0.2, 0.25) is 0 Å². The summed E-state index contributed by atoms with van der Waals surface area (Å²) < 4.78 is 5.58. The minimum absolute atomic E-state index is 0.0707. The van der Waals surface area contributed by atoms with Crippen molar-refractivity contribution in [2.75, 3.05) is 6.61 Å². The Morgan fingerprint density at radius 1 is 1.11 bits per heavy atom. The quantitative estimate of drug-likeness (QED) is 0.770. The number of hydrogen-bond acceptors (Lipinski definition) is 2. The number of fused-ring (bicyclic) bond motifs is 1. The molecule has 1 aliphatic heterocycles. The van der Waals surface area contributed by atoms with Crippen LogP contribution in [0, 0.1) is 0 Å². The minimum atomic E-state index is -0.162. The molecular weight excluding hydrogens is 260 g/mol. The Balaban J connectivity index is 2.00. The molecule has 0 amide bonds. The van der Waals surface area contributed by atoms with Gasteiger partial charge in [0.05, 0.1) is 17.5 Å². The van der Waals surface area contributed by atoms with Crippen LogP contribution < -0.4 is 4.74 Å². The Hall–Kier alpha value is -1.80. The van der Waals surface area contributed by atoms with Crippen molar-refractivity contribution in [3.05, 3.63) is 64.7 Å². The molecule has 19 heavy (non-hydrogen) atoms. The second kappa shape index (κ2) is 5.06. The Morgan fingerprint density at radius 3 is 2.68 bits per heavy atom. The molecule has 0 bridgehead atoms. The summed E-state index contributed by atoms with van der Waals surface area (Å²) in [4.78, 5) is 12.6. The highest BCUT2D eigenvalue weighted by Gasteiger charge is 2.28. The van der Waals surface area contributed by atoms with E-state index < -0.39 is 0 Å². The highest BCUT2D eigenvalue weighted by atomic mass is 35.5. The fourth-order valence-corrected chi connectivity index (χ4v) is 2.69. The molecule has 0 N–H and O–H groups in total. The van der Waals surface area contributed by atoms with Crippen LogP contribution in [-0.2, 0) is 0 Å². The summed E-state index contributed by atoms with van der Waals surface area (Å²) in [7, 11) is 0. The molecule has 0 radical (unpaired) electrons. The topological polar surface area (TPSA) is 26.3 Å². The minimum Gasteiger partial charge on any atom is -0.493 e. The third kappa shape index (κ3) is 2.24. The van der Waals surface area contributed by atoms with E-state index in [1.165, 1.54) is 0 Å². The zero-order valence-corrected chi connectivity index (χ0v) is 11.1. The third-order valence-electron chi connectivity index (χ3n) is 3.41. The summed E-state index contributed by atoms with van der Waals surface area (Å²) in [5.74, 6) is 0.713. The van der Waals surface area contributed by atoms with Gasteiger partial charge in [-0.2, -0.15) is 0 Å². The molecule has 1 heterocycles. The highest BCUT2D eigenvalue weighted by Crippen LogP contribution is 2.36. The molecule has 0 saturated heterocycles. The first kappa shape index (κ1) is 12.2. The maximum Gasteiger partial charge on any atom is 0.172 e.